The highest BCUT2D eigenvalue weighted by Crippen LogP contribution is 2.33. The second-order valence-corrected chi connectivity index (χ2v) is 9.13. The first-order chi connectivity index (χ1) is 13.9. The van der Waals surface area contributed by atoms with Gasteiger partial charge in [0.25, 0.3) is 5.56 Å². The monoisotopic (exact) mass is 430 g/mol. The molecule has 0 saturated carbocycles. The molecule has 1 amide bonds. The van der Waals surface area contributed by atoms with Crippen molar-refractivity contribution in [3.8, 4) is 0 Å². The molecule has 0 spiro atoms. The summed E-state index contributed by atoms with van der Waals surface area (Å²) in [6, 6.07) is 6.96. The Balaban J connectivity index is 1.73. The molecule has 152 valence electrons. The number of amides is 1. The molecule has 2 aromatic heterocycles. The largest absolute Gasteiger partial charge is 0.324 e. The molecule has 29 heavy (non-hydrogen) atoms. The first-order valence-electron chi connectivity index (χ1n) is 9.66. The fourth-order valence-electron chi connectivity index (χ4n) is 3.76. The third kappa shape index (κ3) is 4.22. The molecule has 4 rings (SSSR count). The molecule has 8 heteroatoms. The first kappa shape index (κ1) is 20.1. The van der Waals surface area contributed by atoms with E-state index in [0.717, 1.165) is 36.1 Å². The van der Waals surface area contributed by atoms with E-state index in [1.54, 1.807) is 35.6 Å². The minimum absolute atomic E-state index is 0.0813. The molecule has 0 atom stereocenters. The van der Waals surface area contributed by atoms with Gasteiger partial charge >= 0.3 is 0 Å². The van der Waals surface area contributed by atoms with Crippen LogP contribution >= 0.6 is 22.9 Å². The maximum atomic E-state index is 13.4. The van der Waals surface area contributed by atoms with Crippen molar-refractivity contribution in [1.82, 2.24) is 14.5 Å². The van der Waals surface area contributed by atoms with E-state index in [1.807, 2.05) is 19.0 Å². The van der Waals surface area contributed by atoms with Gasteiger partial charge in [0.1, 0.15) is 17.2 Å². The van der Waals surface area contributed by atoms with Crippen LogP contribution < -0.4 is 10.9 Å². The fraction of sp³-hybridized carbons (Fsp3) is 0.381. The van der Waals surface area contributed by atoms with E-state index in [-0.39, 0.29) is 18.0 Å². The van der Waals surface area contributed by atoms with E-state index in [0.29, 0.717) is 28.5 Å². The smallest absolute Gasteiger partial charge is 0.263 e. The van der Waals surface area contributed by atoms with Crippen LogP contribution in [-0.4, -0.2) is 34.5 Å². The van der Waals surface area contributed by atoms with Crippen molar-refractivity contribution in [3.05, 3.63) is 55.9 Å². The molecule has 1 aromatic carbocycles. The highest BCUT2D eigenvalue weighted by molar-refractivity contribution is 7.18. The number of anilines is 1. The highest BCUT2D eigenvalue weighted by atomic mass is 35.5. The summed E-state index contributed by atoms with van der Waals surface area (Å²) in [5.41, 5.74) is 1.62. The molecule has 1 aliphatic rings. The van der Waals surface area contributed by atoms with Crippen molar-refractivity contribution >= 4 is 44.7 Å². The lowest BCUT2D eigenvalue weighted by molar-refractivity contribution is -0.116. The quantitative estimate of drug-likeness (QED) is 0.670. The summed E-state index contributed by atoms with van der Waals surface area (Å²) in [4.78, 5) is 34.9. The molecule has 1 N–H and O–H groups in total. The molecule has 1 aliphatic carbocycles. The number of hydrogen-bond donors (Lipinski definition) is 1. The van der Waals surface area contributed by atoms with Gasteiger partial charge in [-0.1, -0.05) is 17.7 Å². The summed E-state index contributed by atoms with van der Waals surface area (Å²) in [6.07, 6.45) is 4.16. The molecule has 0 saturated heterocycles. The lowest BCUT2D eigenvalue weighted by Crippen LogP contribution is -2.33. The summed E-state index contributed by atoms with van der Waals surface area (Å²) < 4.78 is 1.52. The van der Waals surface area contributed by atoms with Crippen LogP contribution in [0, 0.1) is 0 Å². The van der Waals surface area contributed by atoms with Crippen LogP contribution in [-0.2, 0) is 30.7 Å². The maximum absolute atomic E-state index is 13.4. The Morgan fingerprint density at radius 2 is 2.10 bits per heavy atom. The molecule has 0 aliphatic heterocycles. The van der Waals surface area contributed by atoms with Crippen molar-refractivity contribution in [3.63, 3.8) is 0 Å². The Bertz CT molecular complexity index is 1140. The molecule has 6 nitrogen and oxygen atoms in total. The number of thiophene rings is 1. The number of hydrogen-bond acceptors (Lipinski definition) is 5. The number of carbonyl (C=O) groups is 1. The average Bonchev–Trinajstić information content (AvgIpc) is 3.02. The lowest BCUT2D eigenvalue weighted by atomic mass is 9.97. The van der Waals surface area contributed by atoms with E-state index in [4.69, 9.17) is 16.6 Å². The van der Waals surface area contributed by atoms with Crippen molar-refractivity contribution < 1.29 is 4.79 Å². The number of halogens is 1. The Morgan fingerprint density at radius 3 is 2.86 bits per heavy atom. The van der Waals surface area contributed by atoms with Crippen molar-refractivity contribution in [2.45, 2.75) is 38.8 Å². The van der Waals surface area contributed by atoms with Gasteiger partial charge in [0.15, 0.2) is 0 Å². The number of nitrogens with zero attached hydrogens (tertiary/aromatic N) is 3. The second kappa shape index (κ2) is 8.26. The van der Waals surface area contributed by atoms with Crippen LogP contribution in [0.5, 0.6) is 0 Å². The molecular weight excluding hydrogens is 408 g/mol. The molecule has 0 radical (unpaired) electrons. The number of nitrogens with one attached hydrogen (secondary N) is 1. The summed E-state index contributed by atoms with van der Waals surface area (Å²) in [7, 11) is 3.85. The van der Waals surface area contributed by atoms with E-state index in [9.17, 15) is 9.59 Å². The summed E-state index contributed by atoms with van der Waals surface area (Å²) >= 11 is 7.62. The molecule has 0 fully saturated rings. The number of aryl methyl sites for hydroxylation is 2. The minimum Gasteiger partial charge on any atom is -0.324 e. The SMILES string of the molecule is CN(C)Cc1nc2sc3c(c2c(=O)n1CC(=O)Nc1cccc(Cl)c1)CCCC3. The van der Waals surface area contributed by atoms with E-state index in [2.05, 4.69) is 5.32 Å². The zero-order valence-corrected chi connectivity index (χ0v) is 18.1. The van der Waals surface area contributed by atoms with Crippen LogP contribution in [0.2, 0.25) is 5.02 Å². The predicted molar refractivity (Wildman–Crippen MR) is 118 cm³/mol. The summed E-state index contributed by atoms with van der Waals surface area (Å²) in [5, 5.41) is 4.06. The van der Waals surface area contributed by atoms with Gasteiger partial charge in [0.2, 0.25) is 5.91 Å². The van der Waals surface area contributed by atoms with E-state index >= 15 is 0 Å². The van der Waals surface area contributed by atoms with Crippen LogP contribution in [0.25, 0.3) is 10.2 Å². The molecular formula is C21H23ClN4O2S. The zero-order valence-electron chi connectivity index (χ0n) is 16.5. The van der Waals surface area contributed by atoms with Gasteiger partial charge in [0, 0.05) is 15.6 Å². The van der Waals surface area contributed by atoms with Gasteiger partial charge in [-0.05, 0) is 63.5 Å². The highest BCUT2D eigenvalue weighted by Gasteiger charge is 2.23. The Hall–Kier alpha value is -2.22. The molecule has 0 unspecified atom stereocenters. The van der Waals surface area contributed by atoms with Crippen LogP contribution in [0.1, 0.15) is 29.1 Å². The molecule has 2 heterocycles. The average molecular weight is 431 g/mol. The van der Waals surface area contributed by atoms with Gasteiger partial charge in [-0.2, -0.15) is 0 Å². The third-order valence-corrected chi connectivity index (χ3v) is 6.44. The minimum atomic E-state index is -0.278. The number of carbonyl (C=O) groups excluding carboxylic acids is 1. The van der Waals surface area contributed by atoms with E-state index < -0.39 is 0 Å². The topological polar surface area (TPSA) is 67.2 Å². The van der Waals surface area contributed by atoms with Gasteiger partial charge in [-0.3, -0.25) is 14.2 Å². The zero-order chi connectivity index (χ0) is 20.5. The third-order valence-electron chi connectivity index (χ3n) is 5.02. The van der Waals surface area contributed by atoms with Crippen molar-refractivity contribution in [2.24, 2.45) is 0 Å². The number of rotatable bonds is 5. The Labute approximate surface area is 178 Å². The van der Waals surface area contributed by atoms with Crippen LogP contribution in [0.4, 0.5) is 5.69 Å². The second-order valence-electron chi connectivity index (χ2n) is 7.61. The standard InChI is InChI=1S/C21H23ClN4O2S/c1-25(2)11-17-24-20-19(15-8-3-4-9-16(15)29-20)21(28)26(17)12-18(27)23-14-7-5-6-13(22)10-14/h5-7,10H,3-4,8-9,11-12H2,1-2H3,(H,23,27). The Morgan fingerprint density at radius 1 is 1.31 bits per heavy atom. The fourth-order valence-corrected chi connectivity index (χ4v) is 5.22. The summed E-state index contributed by atoms with van der Waals surface area (Å²) in [6.45, 7) is 0.403. The lowest BCUT2D eigenvalue weighted by Gasteiger charge is -2.16. The van der Waals surface area contributed by atoms with E-state index in [1.165, 1.54) is 9.44 Å². The predicted octanol–water partition coefficient (Wildman–Crippen LogP) is 3.69. The first-order valence-corrected chi connectivity index (χ1v) is 10.9. The number of aromatic nitrogens is 2. The molecule has 0 bridgehead atoms. The van der Waals surface area contributed by atoms with Gasteiger partial charge in [-0.15, -0.1) is 11.3 Å². The summed E-state index contributed by atoms with van der Waals surface area (Å²) in [5.74, 6) is 0.326. The van der Waals surface area contributed by atoms with Crippen molar-refractivity contribution in [2.75, 3.05) is 19.4 Å². The maximum Gasteiger partial charge on any atom is 0.263 e. The van der Waals surface area contributed by atoms with Gasteiger partial charge < -0.3 is 10.2 Å². The van der Waals surface area contributed by atoms with Crippen molar-refractivity contribution in [1.29, 1.82) is 0 Å². The number of fused-ring (bicyclic) bond motifs is 3. The van der Waals surface area contributed by atoms with Gasteiger partial charge in [-0.25, -0.2) is 4.98 Å². The van der Waals surface area contributed by atoms with Crippen LogP contribution in [0.15, 0.2) is 29.1 Å². The molecule has 3 aromatic rings. The Kier molecular flexibility index (Phi) is 5.72. The van der Waals surface area contributed by atoms with Crippen LogP contribution in [0.3, 0.4) is 0 Å². The van der Waals surface area contributed by atoms with Gasteiger partial charge in [0.05, 0.1) is 11.9 Å². The number of benzene rings is 1. The normalized spacial score (nSPS) is 13.7.